The molecule has 0 amide bonds. The molecule has 1 aliphatic carbocycles. The monoisotopic (exact) mass is 424 g/mol. The van der Waals surface area contributed by atoms with Gasteiger partial charge in [-0.2, -0.15) is 0 Å². The number of rotatable bonds is 7. The van der Waals surface area contributed by atoms with Crippen molar-refractivity contribution in [2.24, 2.45) is 23.7 Å². The van der Waals surface area contributed by atoms with Crippen LogP contribution in [0.15, 0.2) is 29.8 Å². The maximum absolute atomic E-state index is 5.36. The molecular weight excluding hydrogens is 384 g/mol. The third-order valence-corrected chi connectivity index (χ3v) is 7.62. The van der Waals surface area contributed by atoms with Crippen LogP contribution in [-0.4, -0.2) is 54.7 Å². The third kappa shape index (κ3) is 5.32. The van der Waals surface area contributed by atoms with Crippen LogP contribution in [0.2, 0.25) is 0 Å². The predicted octanol–water partition coefficient (Wildman–Crippen LogP) is 4.65. The third-order valence-electron chi connectivity index (χ3n) is 7.62. The molecule has 5 heteroatoms. The van der Waals surface area contributed by atoms with E-state index in [2.05, 4.69) is 49.1 Å². The summed E-state index contributed by atoms with van der Waals surface area (Å²) in [5.74, 6) is 4.57. The number of hydrogen-bond donors (Lipinski definition) is 2. The first-order valence-corrected chi connectivity index (χ1v) is 12.1. The lowest BCUT2D eigenvalue weighted by Gasteiger charge is -2.38. The molecule has 0 radical (unpaired) electrons. The highest BCUT2D eigenvalue weighted by molar-refractivity contribution is 5.76. The van der Waals surface area contributed by atoms with Crippen LogP contribution >= 0.6 is 0 Å². The standard InChI is InChI=1S/C26H40N4O/c1-17(2)23-13-19(14-26-28-24-7-6-22(31-5)15-25(24)29-26)18(3)12-20(23)16-27-21-8-10-30(4)11-9-21/h6-7,12,15,17,19-21,23,27H,8-11,13-14,16H2,1-5H3,(H,28,29). The van der Waals surface area contributed by atoms with Gasteiger partial charge in [-0.15, -0.1) is 0 Å². The van der Waals surface area contributed by atoms with E-state index in [9.17, 15) is 0 Å². The fourth-order valence-electron chi connectivity index (χ4n) is 5.52. The van der Waals surface area contributed by atoms with Crippen LogP contribution in [0.1, 0.15) is 45.9 Å². The minimum Gasteiger partial charge on any atom is -0.497 e. The summed E-state index contributed by atoms with van der Waals surface area (Å²) in [5.41, 5.74) is 3.62. The van der Waals surface area contributed by atoms with E-state index >= 15 is 0 Å². The number of imidazole rings is 1. The summed E-state index contributed by atoms with van der Waals surface area (Å²) < 4.78 is 5.36. The van der Waals surface area contributed by atoms with E-state index in [1.807, 2.05) is 18.2 Å². The van der Waals surface area contributed by atoms with Crippen molar-refractivity contribution in [1.29, 1.82) is 0 Å². The van der Waals surface area contributed by atoms with Gasteiger partial charge in [0.05, 0.1) is 18.1 Å². The lowest BCUT2D eigenvalue weighted by atomic mass is 9.69. The fourth-order valence-corrected chi connectivity index (χ4v) is 5.52. The van der Waals surface area contributed by atoms with Gasteiger partial charge in [0.25, 0.3) is 0 Å². The maximum atomic E-state index is 5.36. The van der Waals surface area contributed by atoms with E-state index in [1.54, 1.807) is 7.11 Å². The normalized spacial score (nSPS) is 25.9. The van der Waals surface area contributed by atoms with E-state index in [4.69, 9.17) is 9.72 Å². The fraction of sp³-hybridized carbons (Fsp3) is 0.654. The number of allylic oxidation sites excluding steroid dienone is 1. The summed E-state index contributed by atoms with van der Waals surface area (Å²) in [7, 11) is 3.94. The molecule has 1 aromatic carbocycles. The second-order valence-corrected chi connectivity index (χ2v) is 10.2. The van der Waals surface area contributed by atoms with E-state index in [-0.39, 0.29) is 0 Å². The van der Waals surface area contributed by atoms with Crippen LogP contribution in [0.25, 0.3) is 11.0 Å². The first kappa shape index (κ1) is 22.3. The molecular formula is C26H40N4O. The highest BCUT2D eigenvalue weighted by Gasteiger charge is 2.32. The van der Waals surface area contributed by atoms with E-state index in [0.717, 1.165) is 41.5 Å². The summed E-state index contributed by atoms with van der Waals surface area (Å²) in [6.45, 7) is 10.7. The van der Waals surface area contributed by atoms with Gasteiger partial charge >= 0.3 is 0 Å². The van der Waals surface area contributed by atoms with Gasteiger partial charge < -0.3 is 19.9 Å². The van der Waals surface area contributed by atoms with Gasteiger partial charge in [0, 0.05) is 25.1 Å². The van der Waals surface area contributed by atoms with Crippen molar-refractivity contribution in [3.63, 3.8) is 0 Å². The number of nitrogens with zero attached hydrogens (tertiary/aromatic N) is 2. The van der Waals surface area contributed by atoms with E-state index in [1.165, 1.54) is 37.9 Å². The van der Waals surface area contributed by atoms with Crippen molar-refractivity contribution in [3.05, 3.63) is 35.7 Å². The number of fused-ring (bicyclic) bond motifs is 1. The summed E-state index contributed by atoms with van der Waals surface area (Å²) >= 11 is 0. The lowest BCUT2D eigenvalue weighted by Crippen LogP contribution is -2.44. The molecule has 0 bridgehead atoms. The second-order valence-electron chi connectivity index (χ2n) is 10.2. The van der Waals surface area contributed by atoms with E-state index in [0.29, 0.717) is 23.8 Å². The Morgan fingerprint density at radius 1 is 1.26 bits per heavy atom. The van der Waals surface area contributed by atoms with Crippen molar-refractivity contribution in [2.45, 2.75) is 52.5 Å². The topological polar surface area (TPSA) is 53.2 Å². The Morgan fingerprint density at radius 3 is 2.74 bits per heavy atom. The van der Waals surface area contributed by atoms with Crippen molar-refractivity contribution < 1.29 is 4.74 Å². The van der Waals surface area contributed by atoms with Gasteiger partial charge in [0.2, 0.25) is 0 Å². The smallest absolute Gasteiger partial charge is 0.121 e. The number of nitrogens with one attached hydrogen (secondary N) is 2. The second kappa shape index (κ2) is 9.74. The molecule has 2 heterocycles. The number of aromatic amines is 1. The molecule has 1 saturated heterocycles. The number of ether oxygens (including phenoxy) is 1. The van der Waals surface area contributed by atoms with Gasteiger partial charge in [-0.1, -0.05) is 25.5 Å². The molecule has 31 heavy (non-hydrogen) atoms. The molecule has 3 unspecified atom stereocenters. The van der Waals surface area contributed by atoms with Gasteiger partial charge in [0.15, 0.2) is 0 Å². The number of hydrogen-bond acceptors (Lipinski definition) is 4. The minimum atomic E-state index is 0.564. The number of H-pyrrole nitrogens is 1. The molecule has 2 N–H and O–H groups in total. The average Bonchev–Trinajstić information content (AvgIpc) is 3.16. The Morgan fingerprint density at radius 2 is 2.03 bits per heavy atom. The first-order valence-electron chi connectivity index (χ1n) is 12.1. The number of likely N-dealkylation sites (tertiary alicyclic amines) is 1. The summed E-state index contributed by atoms with van der Waals surface area (Å²) in [6, 6.07) is 6.74. The highest BCUT2D eigenvalue weighted by Crippen LogP contribution is 2.38. The number of aromatic nitrogens is 2. The van der Waals surface area contributed by atoms with Crippen LogP contribution < -0.4 is 10.1 Å². The molecule has 1 aromatic heterocycles. The zero-order valence-electron chi connectivity index (χ0n) is 19.9. The molecule has 4 rings (SSSR count). The van der Waals surface area contributed by atoms with Gasteiger partial charge in [-0.3, -0.25) is 0 Å². The molecule has 3 atom stereocenters. The molecule has 5 nitrogen and oxygen atoms in total. The zero-order valence-corrected chi connectivity index (χ0v) is 19.9. The number of piperidine rings is 1. The number of benzene rings is 1. The zero-order chi connectivity index (χ0) is 22.0. The van der Waals surface area contributed by atoms with Crippen LogP contribution in [0.4, 0.5) is 0 Å². The maximum Gasteiger partial charge on any atom is 0.121 e. The molecule has 0 saturated carbocycles. The Bertz CT molecular complexity index is 894. The van der Waals surface area contributed by atoms with Gasteiger partial charge in [0.1, 0.15) is 11.6 Å². The Labute approximate surface area is 187 Å². The largest absolute Gasteiger partial charge is 0.497 e. The van der Waals surface area contributed by atoms with Crippen LogP contribution in [-0.2, 0) is 6.42 Å². The first-order chi connectivity index (χ1) is 14.9. The lowest BCUT2D eigenvalue weighted by molar-refractivity contribution is 0.197. The van der Waals surface area contributed by atoms with E-state index < -0.39 is 0 Å². The van der Waals surface area contributed by atoms with Gasteiger partial charge in [-0.05, 0) is 82.1 Å². The molecule has 1 aliphatic heterocycles. The molecule has 2 aromatic rings. The SMILES string of the molecule is COc1ccc2nc(CC3CC(C(C)C)C(CNC4CCN(C)CC4)C=C3C)[nH]c2c1. The average molecular weight is 425 g/mol. The van der Waals surface area contributed by atoms with Crippen LogP contribution in [0.3, 0.4) is 0 Å². The van der Waals surface area contributed by atoms with Crippen molar-refractivity contribution in [3.8, 4) is 5.75 Å². The molecule has 170 valence electrons. The van der Waals surface area contributed by atoms with Crippen molar-refractivity contribution >= 4 is 11.0 Å². The highest BCUT2D eigenvalue weighted by atomic mass is 16.5. The van der Waals surface area contributed by atoms with Crippen LogP contribution in [0, 0.1) is 23.7 Å². The quantitative estimate of drug-likeness (QED) is 0.635. The Kier molecular flexibility index (Phi) is 7.02. The van der Waals surface area contributed by atoms with Gasteiger partial charge in [-0.25, -0.2) is 4.98 Å². The Hall–Kier alpha value is -1.85. The number of methoxy groups -OCH3 is 1. The summed E-state index contributed by atoms with van der Waals surface area (Å²) in [4.78, 5) is 10.8. The summed E-state index contributed by atoms with van der Waals surface area (Å²) in [6.07, 6.45) is 7.36. The predicted molar refractivity (Wildman–Crippen MR) is 129 cm³/mol. The molecule has 0 spiro atoms. The van der Waals surface area contributed by atoms with Crippen LogP contribution in [0.5, 0.6) is 5.75 Å². The molecule has 2 aliphatic rings. The van der Waals surface area contributed by atoms with Crippen molar-refractivity contribution in [1.82, 2.24) is 20.2 Å². The Balaban J connectivity index is 1.43. The summed E-state index contributed by atoms with van der Waals surface area (Å²) in [5, 5.41) is 3.91. The minimum absolute atomic E-state index is 0.564. The van der Waals surface area contributed by atoms with Crippen molar-refractivity contribution in [2.75, 3.05) is 33.8 Å². The molecule has 1 fully saturated rings.